The summed E-state index contributed by atoms with van der Waals surface area (Å²) in [5.74, 6) is 0.244. The second-order valence-electron chi connectivity index (χ2n) is 4.12. The van der Waals surface area contributed by atoms with Crippen molar-refractivity contribution in [3.05, 3.63) is 58.7 Å². The third-order valence-electron chi connectivity index (χ3n) is 2.79. The number of alkyl halides is 1. The van der Waals surface area contributed by atoms with Crippen LogP contribution in [0.4, 0.5) is 0 Å². The van der Waals surface area contributed by atoms with Crippen LogP contribution in [-0.4, -0.2) is 11.2 Å². The number of hydrogen-bond donors (Lipinski definition) is 0. The van der Waals surface area contributed by atoms with E-state index in [9.17, 15) is 4.79 Å². The van der Waals surface area contributed by atoms with Gasteiger partial charge in [0.15, 0.2) is 5.78 Å². The van der Waals surface area contributed by atoms with Crippen LogP contribution in [0.25, 0.3) is 0 Å². The monoisotopic (exact) mass is 266 g/mol. The van der Waals surface area contributed by atoms with Crippen LogP contribution in [0.3, 0.4) is 0 Å². The Morgan fingerprint density at radius 1 is 1.24 bits per heavy atom. The van der Waals surface area contributed by atoms with E-state index in [4.69, 9.17) is 23.2 Å². The average Bonchev–Trinajstić information content (AvgIpc) is 2.33. The molecule has 0 spiro atoms. The van der Waals surface area contributed by atoms with Gasteiger partial charge in [-0.2, -0.15) is 0 Å². The minimum atomic E-state index is -0.119. The molecule has 0 aromatic heterocycles. The quantitative estimate of drug-likeness (QED) is 0.578. The smallest absolute Gasteiger partial charge is 0.192 e. The van der Waals surface area contributed by atoms with Crippen molar-refractivity contribution < 1.29 is 4.79 Å². The molecular weight excluding hydrogens is 255 g/mol. The molecule has 0 heterocycles. The Bertz CT molecular complexity index is 485. The summed E-state index contributed by atoms with van der Waals surface area (Å²) in [6.07, 6.45) is 5.60. The van der Waals surface area contributed by atoms with Gasteiger partial charge < -0.3 is 0 Å². The summed E-state index contributed by atoms with van der Waals surface area (Å²) >= 11 is 11.9. The normalized spacial score (nSPS) is 23.4. The van der Waals surface area contributed by atoms with Gasteiger partial charge in [-0.3, -0.25) is 4.79 Å². The number of halogens is 2. The molecule has 88 valence electrons. The maximum absolute atomic E-state index is 12.1. The zero-order chi connectivity index (χ0) is 12.4. The zero-order valence-electron chi connectivity index (χ0n) is 9.36. The summed E-state index contributed by atoms with van der Waals surface area (Å²) in [7, 11) is 0. The zero-order valence-corrected chi connectivity index (χ0v) is 10.9. The molecule has 3 heteroatoms. The van der Waals surface area contributed by atoms with E-state index in [2.05, 4.69) is 0 Å². The van der Waals surface area contributed by atoms with Crippen molar-refractivity contribution >= 4 is 29.0 Å². The van der Waals surface area contributed by atoms with Gasteiger partial charge in [0, 0.05) is 16.2 Å². The van der Waals surface area contributed by atoms with Crippen LogP contribution in [0.15, 0.2) is 48.1 Å². The van der Waals surface area contributed by atoms with Gasteiger partial charge in [0.05, 0.1) is 5.38 Å². The van der Waals surface area contributed by atoms with E-state index in [1.165, 1.54) is 0 Å². The number of carbonyl (C=O) groups excluding carboxylic acids is 1. The number of carbonyl (C=O) groups is 1. The molecule has 1 aromatic carbocycles. The Labute approximate surface area is 111 Å². The molecule has 0 aliphatic heterocycles. The van der Waals surface area contributed by atoms with Crippen LogP contribution in [0, 0.1) is 5.92 Å². The minimum absolute atomic E-state index is 0.0181. The topological polar surface area (TPSA) is 17.1 Å². The lowest BCUT2D eigenvalue weighted by Gasteiger charge is -2.16. The van der Waals surface area contributed by atoms with E-state index in [-0.39, 0.29) is 17.1 Å². The van der Waals surface area contributed by atoms with Crippen molar-refractivity contribution in [3.8, 4) is 0 Å². The molecule has 1 aliphatic carbocycles. The Morgan fingerprint density at radius 3 is 2.47 bits per heavy atom. The second kappa shape index (κ2) is 5.07. The highest BCUT2D eigenvalue weighted by molar-refractivity contribution is 6.30. The summed E-state index contributed by atoms with van der Waals surface area (Å²) in [6.45, 7) is 2.02. The molecule has 0 N–H and O–H groups in total. The van der Waals surface area contributed by atoms with Crippen LogP contribution in [0.2, 0.25) is 5.02 Å². The standard InChI is InChI=1S/C14H12Cl2O/c1-9-2-3-11(8-13(9)16)14(17)10-4-6-12(15)7-5-10/h2-9,13H,1H3. The van der Waals surface area contributed by atoms with Crippen molar-refractivity contribution in [3.63, 3.8) is 0 Å². The molecule has 0 saturated carbocycles. The molecule has 1 aliphatic rings. The van der Waals surface area contributed by atoms with Crippen LogP contribution < -0.4 is 0 Å². The Hall–Kier alpha value is -1.05. The van der Waals surface area contributed by atoms with E-state index in [0.29, 0.717) is 16.2 Å². The van der Waals surface area contributed by atoms with Crippen molar-refractivity contribution in [2.24, 2.45) is 5.92 Å². The predicted octanol–water partition coefficient (Wildman–Crippen LogP) is 4.26. The fourth-order valence-corrected chi connectivity index (χ4v) is 2.01. The Kier molecular flexibility index (Phi) is 3.70. The molecule has 0 saturated heterocycles. The maximum Gasteiger partial charge on any atom is 0.192 e. The van der Waals surface area contributed by atoms with Crippen LogP contribution in [-0.2, 0) is 0 Å². The predicted molar refractivity (Wildman–Crippen MR) is 71.8 cm³/mol. The summed E-state index contributed by atoms with van der Waals surface area (Å²) in [4.78, 5) is 12.1. The van der Waals surface area contributed by atoms with Gasteiger partial charge in [0.1, 0.15) is 0 Å². The van der Waals surface area contributed by atoms with Gasteiger partial charge in [-0.15, -0.1) is 11.6 Å². The fraction of sp³-hybridized carbons (Fsp3) is 0.214. The third kappa shape index (κ3) is 2.80. The molecule has 0 bridgehead atoms. The van der Waals surface area contributed by atoms with Crippen molar-refractivity contribution in [1.29, 1.82) is 0 Å². The summed E-state index contributed by atoms with van der Waals surface area (Å²) in [5.41, 5.74) is 1.27. The van der Waals surface area contributed by atoms with E-state index in [0.717, 1.165) is 0 Å². The molecule has 2 rings (SSSR count). The number of ketones is 1. The van der Waals surface area contributed by atoms with Gasteiger partial charge in [-0.25, -0.2) is 0 Å². The van der Waals surface area contributed by atoms with Crippen molar-refractivity contribution in [2.75, 3.05) is 0 Å². The number of hydrogen-bond acceptors (Lipinski definition) is 1. The lowest BCUT2D eigenvalue weighted by molar-refractivity contribution is 0.103. The first-order valence-corrected chi connectivity index (χ1v) is 6.24. The molecule has 2 atom stereocenters. The van der Waals surface area contributed by atoms with Crippen molar-refractivity contribution in [2.45, 2.75) is 12.3 Å². The van der Waals surface area contributed by atoms with E-state index >= 15 is 0 Å². The molecule has 0 fully saturated rings. The van der Waals surface area contributed by atoms with Crippen LogP contribution >= 0.6 is 23.2 Å². The molecule has 17 heavy (non-hydrogen) atoms. The first kappa shape index (κ1) is 12.4. The lowest BCUT2D eigenvalue weighted by Crippen LogP contribution is -2.14. The Morgan fingerprint density at radius 2 is 1.88 bits per heavy atom. The second-order valence-corrected chi connectivity index (χ2v) is 5.06. The SMILES string of the molecule is CC1C=CC(C(=O)c2ccc(Cl)cc2)=CC1Cl. The molecular formula is C14H12Cl2O. The van der Waals surface area contributed by atoms with Gasteiger partial charge in [-0.05, 0) is 30.2 Å². The largest absolute Gasteiger partial charge is 0.289 e. The fourth-order valence-electron chi connectivity index (χ4n) is 1.66. The van der Waals surface area contributed by atoms with Crippen LogP contribution in [0.1, 0.15) is 17.3 Å². The van der Waals surface area contributed by atoms with Gasteiger partial charge in [0.25, 0.3) is 0 Å². The van der Waals surface area contributed by atoms with E-state index < -0.39 is 0 Å². The number of Topliss-reactive ketones (excluding diaryl/α,β-unsaturated/α-hetero) is 1. The van der Waals surface area contributed by atoms with Gasteiger partial charge in [-0.1, -0.05) is 36.8 Å². The summed E-state index contributed by atoms with van der Waals surface area (Å²) in [6, 6.07) is 6.87. The molecule has 1 nitrogen and oxygen atoms in total. The van der Waals surface area contributed by atoms with Crippen LogP contribution in [0.5, 0.6) is 0 Å². The van der Waals surface area contributed by atoms with E-state index in [1.54, 1.807) is 24.3 Å². The molecule has 1 aromatic rings. The molecule has 0 radical (unpaired) electrons. The number of benzene rings is 1. The van der Waals surface area contributed by atoms with Crippen molar-refractivity contribution in [1.82, 2.24) is 0 Å². The summed E-state index contributed by atoms with van der Waals surface area (Å²) < 4.78 is 0. The van der Waals surface area contributed by atoms with Gasteiger partial charge >= 0.3 is 0 Å². The molecule has 2 unspecified atom stereocenters. The Balaban J connectivity index is 2.24. The summed E-state index contributed by atoms with van der Waals surface area (Å²) in [5, 5.41) is 0.504. The maximum atomic E-state index is 12.1. The highest BCUT2D eigenvalue weighted by Gasteiger charge is 2.18. The van der Waals surface area contributed by atoms with Gasteiger partial charge in [0.2, 0.25) is 0 Å². The third-order valence-corrected chi connectivity index (χ3v) is 3.56. The minimum Gasteiger partial charge on any atom is -0.289 e. The van der Waals surface area contributed by atoms with E-state index in [1.807, 2.05) is 25.2 Å². The lowest BCUT2D eigenvalue weighted by atomic mass is 9.93. The number of rotatable bonds is 2. The number of allylic oxidation sites excluding steroid dienone is 4. The first-order valence-electron chi connectivity index (χ1n) is 5.42. The molecule has 0 amide bonds. The first-order chi connectivity index (χ1) is 8.08. The highest BCUT2D eigenvalue weighted by Crippen LogP contribution is 2.24. The average molecular weight is 267 g/mol. The highest BCUT2D eigenvalue weighted by atomic mass is 35.5.